The Hall–Kier alpha value is -1.61. The lowest BCUT2D eigenvalue weighted by Crippen LogP contribution is -2.41. The fourth-order valence-corrected chi connectivity index (χ4v) is 2.13. The maximum absolute atomic E-state index is 13.1. The molecule has 0 N–H and O–H groups in total. The zero-order valence-corrected chi connectivity index (χ0v) is 8.69. The van der Waals surface area contributed by atoms with Crippen LogP contribution in [-0.4, -0.2) is 6.92 Å². The highest BCUT2D eigenvalue weighted by Gasteiger charge is 2.29. The van der Waals surface area contributed by atoms with E-state index in [1.165, 1.54) is 17.7 Å². The highest BCUT2D eigenvalue weighted by molar-refractivity contribution is 6.81. The lowest BCUT2D eigenvalue weighted by atomic mass is 9.56. The molecule has 0 unspecified atom stereocenters. The van der Waals surface area contributed by atoms with Gasteiger partial charge in [-0.15, -0.1) is 0 Å². The highest BCUT2D eigenvalue weighted by Crippen LogP contribution is 2.10. The molecule has 0 amide bonds. The lowest BCUT2D eigenvalue weighted by molar-refractivity contribution is 0.337. The predicted octanol–water partition coefficient (Wildman–Crippen LogP) is 1.46. The van der Waals surface area contributed by atoms with E-state index < -0.39 is 0 Å². The monoisotopic (exact) mass is 212 g/mol. The van der Waals surface area contributed by atoms with Crippen LogP contribution in [-0.2, 0) is 11.3 Å². The molecule has 1 heterocycles. The van der Waals surface area contributed by atoms with E-state index >= 15 is 0 Å². The second kappa shape index (κ2) is 3.76. The number of fused-ring (bicyclic) bond motifs is 1. The molecule has 1 aliphatic rings. The Balaban J connectivity index is 2.05. The number of hydrogen-bond acceptors (Lipinski definition) is 1. The first kappa shape index (κ1) is 9.61. The third-order valence-corrected chi connectivity index (χ3v) is 2.89. The summed E-state index contributed by atoms with van der Waals surface area (Å²) < 4.78 is 18.8. The van der Waals surface area contributed by atoms with E-state index in [1.54, 1.807) is 6.07 Å². The van der Waals surface area contributed by atoms with Gasteiger partial charge in [0.15, 0.2) is 0 Å². The van der Waals surface area contributed by atoms with Crippen molar-refractivity contribution in [3.05, 3.63) is 59.9 Å². The normalized spacial score (nSPS) is 13.9. The minimum absolute atomic E-state index is 0.119. The maximum atomic E-state index is 13.1. The van der Waals surface area contributed by atoms with Crippen LogP contribution >= 0.6 is 0 Å². The largest absolute Gasteiger partial charge is 0.423 e. The van der Waals surface area contributed by atoms with Crippen molar-refractivity contribution in [3.63, 3.8) is 0 Å². The zero-order valence-electron chi connectivity index (χ0n) is 8.69. The molecule has 0 fully saturated rings. The standard InChI is InChI=1S/C13H10BFO/c15-12-6-3-5-11(8-12)14-13-7-2-1-4-10(13)9-16-14/h1-8H,9H2. The summed E-state index contributed by atoms with van der Waals surface area (Å²) >= 11 is 0. The first-order valence-electron chi connectivity index (χ1n) is 5.29. The second-order valence-corrected chi connectivity index (χ2v) is 3.94. The number of hydrogen-bond donors (Lipinski definition) is 0. The molecule has 3 rings (SSSR count). The molecule has 0 bridgehead atoms. The first-order valence-corrected chi connectivity index (χ1v) is 5.29. The molecule has 0 saturated heterocycles. The second-order valence-electron chi connectivity index (χ2n) is 3.94. The Labute approximate surface area is 94.0 Å². The van der Waals surface area contributed by atoms with E-state index in [0.717, 1.165) is 10.9 Å². The van der Waals surface area contributed by atoms with E-state index in [9.17, 15) is 4.39 Å². The van der Waals surface area contributed by atoms with Crippen molar-refractivity contribution < 1.29 is 9.04 Å². The molecule has 0 radical (unpaired) electrons. The topological polar surface area (TPSA) is 9.23 Å². The predicted molar refractivity (Wildman–Crippen MR) is 62.7 cm³/mol. The van der Waals surface area contributed by atoms with Crippen LogP contribution in [0.2, 0.25) is 0 Å². The van der Waals surface area contributed by atoms with E-state index in [4.69, 9.17) is 4.65 Å². The van der Waals surface area contributed by atoms with Gasteiger partial charge in [-0.25, -0.2) is 4.39 Å². The van der Waals surface area contributed by atoms with Crippen molar-refractivity contribution in [2.45, 2.75) is 6.61 Å². The molecule has 0 aliphatic carbocycles. The number of benzene rings is 2. The van der Waals surface area contributed by atoms with Gasteiger partial charge in [-0.2, -0.15) is 0 Å². The molecule has 0 saturated carbocycles. The summed E-state index contributed by atoms with van der Waals surface area (Å²) in [6.45, 7) is 0.490. The summed E-state index contributed by atoms with van der Waals surface area (Å²) in [6.07, 6.45) is 0. The van der Waals surface area contributed by atoms with E-state index in [2.05, 4.69) is 6.07 Å². The number of rotatable bonds is 1. The third kappa shape index (κ3) is 1.53. The molecule has 78 valence electrons. The molecule has 0 spiro atoms. The van der Waals surface area contributed by atoms with Gasteiger partial charge in [0.05, 0.1) is 6.61 Å². The van der Waals surface area contributed by atoms with E-state index in [1.807, 2.05) is 24.3 Å². The van der Waals surface area contributed by atoms with Crippen LogP contribution in [0.3, 0.4) is 0 Å². The van der Waals surface area contributed by atoms with Gasteiger partial charge in [-0.05, 0) is 28.6 Å². The molecular formula is C13H10BFO. The van der Waals surface area contributed by atoms with Crippen molar-refractivity contribution in [1.29, 1.82) is 0 Å². The quantitative estimate of drug-likeness (QED) is 0.650. The molecule has 0 atom stereocenters. The van der Waals surface area contributed by atoms with E-state index in [0.29, 0.717) is 6.61 Å². The van der Waals surface area contributed by atoms with Gasteiger partial charge in [0, 0.05) is 0 Å². The SMILES string of the molecule is Fc1cccc(B2OCc3ccccc32)c1. The fourth-order valence-electron chi connectivity index (χ4n) is 2.13. The summed E-state index contributed by atoms with van der Waals surface area (Å²) in [7, 11) is 0. The summed E-state index contributed by atoms with van der Waals surface area (Å²) in [4.78, 5) is 0. The summed E-state index contributed by atoms with van der Waals surface area (Å²) in [6, 6.07) is 14.7. The molecule has 2 aromatic rings. The van der Waals surface area contributed by atoms with Gasteiger partial charge >= 0.3 is 6.92 Å². The Morgan fingerprint density at radius 1 is 1.06 bits per heavy atom. The van der Waals surface area contributed by atoms with Gasteiger partial charge in [-0.1, -0.05) is 36.4 Å². The van der Waals surface area contributed by atoms with Gasteiger partial charge in [0.25, 0.3) is 0 Å². The van der Waals surface area contributed by atoms with Gasteiger partial charge < -0.3 is 4.65 Å². The molecule has 0 aromatic heterocycles. The Morgan fingerprint density at radius 2 is 1.94 bits per heavy atom. The minimum atomic E-state index is -0.217. The summed E-state index contributed by atoms with van der Waals surface area (Å²) in [5.74, 6) is -0.217. The minimum Gasteiger partial charge on any atom is -0.423 e. The summed E-state index contributed by atoms with van der Waals surface area (Å²) in [5.41, 5.74) is 3.22. The lowest BCUT2D eigenvalue weighted by Gasteiger charge is -2.06. The van der Waals surface area contributed by atoms with Gasteiger partial charge in [0.2, 0.25) is 0 Å². The fraction of sp³-hybridized carbons (Fsp3) is 0.0769. The average Bonchev–Trinajstić information content (AvgIpc) is 2.72. The number of halogens is 1. The average molecular weight is 212 g/mol. The summed E-state index contributed by atoms with van der Waals surface area (Å²) in [5, 5.41) is 0. The van der Waals surface area contributed by atoms with Crippen LogP contribution in [0.15, 0.2) is 48.5 Å². The molecule has 2 aromatic carbocycles. The van der Waals surface area contributed by atoms with Crippen LogP contribution in [0, 0.1) is 5.82 Å². The Bertz CT molecular complexity index is 527. The van der Waals surface area contributed by atoms with Gasteiger partial charge in [-0.3, -0.25) is 0 Å². The highest BCUT2D eigenvalue weighted by atomic mass is 19.1. The first-order chi connectivity index (χ1) is 7.84. The molecular weight excluding hydrogens is 202 g/mol. The van der Waals surface area contributed by atoms with Crippen molar-refractivity contribution in [3.8, 4) is 0 Å². The smallest absolute Gasteiger partial charge is 0.362 e. The van der Waals surface area contributed by atoms with Crippen molar-refractivity contribution in [1.82, 2.24) is 0 Å². The van der Waals surface area contributed by atoms with Crippen molar-refractivity contribution >= 4 is 17.8 Å². The van der Waals surface area contributed by atoms with Crippen molar-refractivity contribution in [2.24, 2.45) is 0 Å². The van der Waals surface area contributed by atoms with Gasteiger partial charge in [0.1, 0.15) is 5.82 Å². The Morgan fingerprint density at radius 3 is 2.81 bits per heavy atom. The van der Waals surface area contributed by atoms with Crippen LogP contribution in [0.4, 0.5) is 4.39 Å². The zero-order chi connectivity index (χ0) is 11.0. The van der Waals surface area contributed by atoms with Crippen LogP contribution in [0.1, 0.15) is 5.56 Å². The Kier molecular flexibility index (Phi) is 2.26. The molecule has 3 heteroatoms. The van der Waals surface area contributed by atoms with Crippen LogP contribution in [0.25, 0.3) is 0 Å². The van der Waals surface area contributed by atoms with Crippen LogP contribution < -0.4 is 10.9 Å². The van der Waals surface area contributed by atoms with E-state index in [-0.39, 0.29) is 12.7 Å². The maximum Gasteiger partial charge on any atom is 0.362 e. The molecule has 1 nitrogen and oxygen atoms in total. The van der Waals surface area contributed by atoms with Crippen LogP contribution in [0.5, 0.6) is 0 Å². The molecule has 16 heavy (non-hydrogen) atoms. The van der Waals surface area contributed by atoms with Crippen molar-refractivity contribution in [2.75, 3.05) is 0 Å². The molecule has 1 aliphatic heterocycles. The third-order valence-electron chi connectivity index (χ3n) is 2.89.